The van der Waals surface area contributed by atoms with E-state index < -0.39 is 12.0 Å². The van der Waals surface area contributed by atoms with Crippen molar-refractivity contribution in [2.24, 2.45) is 0 Å². The maximum atomic E-state index is 12.5. The molecule has 3 rings (SSSR count). The topological polar surface area (TPSA) is 76.7 Å². The van der Waals surface area contributed by atoms with E-state index in [1.807, 2.05) is 37.3 Å². The summed E-state index contributed by atoms with van der Waals surface area (Å²) in [6.45, 7) is 4.24. The molecule has 1 aliphatic heterocycles. The Bertz CT molecular complexity index is 928. The fraction of sp³-hybridized carbons (Fsp3) is 0.273. The molecule has 2 N–H and O–H groups in total. The molecule has 1 atom stereocenters. The highest BCUT2D eigenvalue weighted by Crippen LogP contribution is 2.34. The van der Waals surface area contributed by atoms with Gasteiger partial charge in [-0.1, -0.05) is 54.9 Å². The molecule has 0 aliphatic carbocycles. The summed E-state index contributed by atoms with van der Waals surface area (Å²) in [6.07, 6.45) is 0.490. The molecule has 0 aromatic heterocycles. The summed E-state index contributed by atoms with van der Waals surface area (Å²) in [6, 6.07) is 14.0. The molecule has 0 saturated carbocycles. The van der Waals surface area contributed by atoms with Gasteiger partial charge in [0.05, 0.1) is 23.2 Å². The molecule has 0 radical (unpaired) electrons. The molecule has 1 aliphatic rings. The first-order valence-corrected chi connectivity index (χ1v) is 9.85. The van der Waals surface area contributed by atoms with E-state index in [-0.39, 0.29) is 12.6 Å². The van der Waals surface area contributed by atoms with Gasteiger partial charge in [-0.05, 0) is 36.6 Å². The van der Waals surface area contributed by atoms with Gasteiger partial charge in [-0.25, -0.2) is 9.59 Å². The van der Waals surface area contributed by atoms with E-state index in [0.717, 1.165) is 5.56 Å². The molecule has 2 aromatic carbocycles. The number of hydrogen-bond acceptors (Lipinski definition) is 4. The van der Waals surface area contributed by atoms with Crippen molar-refractivity contribution in [3.8, 4) is 5.75 Å². The second kappa shape index (κ2) is 9.47. The Balaban J connectivity index is 1.86. The lowest BCUT2D eigenvalue weighted by Crippen LogP contribution is -2.45. The number of nitrogens with one attached hydrogen (secondary N) is 2. The first kappa shape index (κ1) is 20.7. The summed E-state index contributed by atoms with van der Waals surface area (Å²) in [4.78, 5) is 24.6. The lowest BCUT2D eigenvalue weighted by atomic mass is 9.94. The van der Waals surface area contributed by atoms with Crippen LogP contribution in [-0.2, 0) is 16.1 Å². The maximum Gasteiger partial charge on any atom is 0.338 e. The number of ether oxygens (including phenoxy) is 2. The van der Waals surface area contributed by atoms with Crippen LogP contribution in [0.1, 0.15) is 37.4 Å². The molecule has 0 saturated heterocycles. The van der Waals surface area contributed by atoms with E-state index in [2.05, 4.69) is 10.6 Å². The minimum Gasteiger partial charge on any atom is -0.487 e. The number of rotatable bonds is 7. The molecule has 152 valence electrons. The Hall–Kier alpha value is -2.99. The number of urea groups is 1. The third-order valence-corrected chi connectivity index (χ3v) is 4.82. The third kappa shape index (κ3) is 4.90. The van der Waals surface area contributed by atoms with Crippen molar-refractivity contribution >= 4 is 23.6 Å². The fourth-order valence-corrected chi connectivity index (χ4v) is 3.39. The van der Waals surface area contributed by atoms with Gasteiger partial charge in [0.15, 0.2) is 0 Å². The molecule has 0 bridgehead atoms. The number of amides is 2. The van der Waals surface area contributed by atoms with Crippen LogP contribution >= 0.6 is 11.6 Å². The van der Waals surface area contributed by atoms with Crippen LogP contribution in [0.25, 0.3) is 0 Å². The van der Waals surface area contributed by atoms with Crippen molar-refractivity contribution in [2.45, 2.75) is 32.9 Å². The summed E-state index contributed by atoms with van der Waals surface area (Å²) in [5.41, 5.74) is 2.62. The van der Waals surface area contributed by atoms with Crippen molar-refractivity contribution in [3.05, 3.63) is 76.0 Å². The first-order chi connectivity index (χ1) is 14.0. The van der Waals surface area contributed by atoms with Crippen LogP contribution in [0.15, 0.2) is 59.8 Å². The van der Waals surface area contributed by atoms with Crippen LogP contribution in [0.4, 0.5) is 4.79 Å². The van der Waals surface area contributed by atoms with Gasteiger partial charge >= 0.3 is 12.0 Å². The molecule has 1 unspecified atom stereocenters. The lowest BCUT2D eigenvalue weighted by molar-refractivity contribution is -0.139. The summed E-state index contributed by atoms with van der Waals surface area (Å²) < 4.78 is 11.0. The quantitative estimate of drug-likeness (QED) is 0.654. The fourth-order valence-electron chi connectivity index (χ4n) is 3.15. The van der Waals surface area contributed by atoms with Crippen LogP contribution in [0.2, 0.25) is 5.02 Å². The van der Waals surface area contributed by atoms with E-state index in [4.69, 9.17) is 21.1 Å². The normalized spacial score (nSPS) is 16.1. The van der Waals surface area contributed by atoms with Gasteiger partial charge in [-0.15, -0.1) is 0 Å². The van der Waals surface area contributed by atoms with E-state index in [9.17, 15) is 9.59 Å². The van der Waals surface area contributed by atoms with E-state index in [1.54, 1.807) is 25.1 Å². The van der Waals surface area contributed by atoms with Crippen LogP contribution in [0.3, 0.4) is 0 Å². The predicted molar refractivity (Wildman–Crippen MR) is 111 cm³/mol. The third-order valence-electron chi connectivity index (χ3n) is 4.53. The minimum atomic E-state index is -0.654. The molecule has 0 spiro atoms. The van der Waals surface area contributed by atoms with Gasteiger partial charge < -0.3 is 20.1 Å². The Labute approximate surface area is 174 Å². The standard InChI is InChI=1S/C22H23ClN2O4/c1-3-17-19(21(26)28-4-2)20(25-22(27)24-17)15-10-11-18(16(23)12-15)29-13-14-8-6-5-7-9-14/h5-12,20H,3-4,13H2,1-2H3,(H2,24,25,27). The average Bonchev–Trinajstić information content (AvgIpc) is 2.73. The van der Waals surface area contributed by atoms with Gasteiger partial charge in [0, 0.05) is 5.70 Å². The molecule has 29 heavy (non-hydrogen) atoms. The van der Waals surface area contributed by atoms with Crippen LogP contribution in [-0.4, -0.2) is 18.6 Å². The monoisotopic (exact) mass is 414 g/mol. The highest BCUT2D eigenvalue weighted by Gasteiger charge is 2.33. The summed E-state index contributed by atoms with van der Waals surface area (Å²) in [7, 11) is 0. The zero-order valence-corrected chi connectivity index (χ0v) is 17.1. The Morgan fingerprint density at radius 1 is 1.14 bits per heavy atom. The van der Waals surface area contributed by atoms with Gasteiger partial charge in [0.25, 0.3) is 0 Å². The molecule has 1 heterocycles. The summed E-state index contributed by atoms with van der Waals surface area (Å²) >= 11 is 6.42. The molecule has 0 fully saturated rings. The van der Waals surface area contributed by atoms with Crippen molar-refractivity contribution in [3.63, 3.8) is 0 Å². The van der Waals surface area contributed by atoms with Crippen molar-refractivity contribution in [1.29, 1.82) is 0 Å². The van der Waals surface area contributed by atoms with Crippen molar-refractivity contribution in [1.82, 2.24) is 10.6 Å². The van der Waals surface area contributed by atoms with Crippen molar-refractivity contribution < 1.29 is 19.1 Å². The number of carbonyl (C=O) groups excluding carboxylic acids is 2. The zero-order valence-electron chi connectivity index (χ0n) is 16.3. The zero-order chi connectivity index (χ0) is 20.8. The predicted octanol–water partition coefficient (Wildman–Crippen LogP) is 4.50. The minimum absolute atomic E-state index is 0.243. The average molecular weight is 415 g/mol. The van der Waals surface area contributed by atoms with Crippen LogP contribution in [0.5, 0.6) is 5.75 Å². The van der Waals surface area contributed by atoms with Crippen molar-refractivity contribution in [2.75, 3.05) is 6.61 Å². The van der Waals surface area contributed by atoms with Gasteiger partial charge in [0.1, 0.15) is 12.4 Å². The second-order valence-corrected chi connectivity index (χ2v) is 6.87. The summed E-state index contributed by atoms with van der Waals surface area (Å²) in [5, 5.41) is 5.87. The van der Waals surface area contributed by atoms with Crippen LogP contribution < -0.4 is 15.4 Å². The van der Waals surface area contributed by atoms with Gasteiger partial charge in [-0.3, -0.25) is 0 Å². The maximum absolute atomic E-state index is 12.5. The SMILES string of the molecule is CCOC(=O)C1=C(CC)NC(=O)NC1c1ccc(OCc2ccccc2)c(Cl)c1. The van der Waals surface area contributed by atoms with Crippen LogP contribution in [0, 0.1) is 0 Å². The highest BCUT2D eigenvalue weighted by molar-refractivity contribution is 6.32. The number of carbonyl (C=O) groups is 2. The molecule has 7 heteroatoms. The van der Waals surface area contributed by atoms with E-state index in [1.165, 1.54) is 0 Å². The number of benzene rings is 2. The Morgan fingerprint density at radius 2 is 1.90 bits per heavy atom. The molecule has 6 nitrogen and oxygen atoms in total. The highest BCUT2D eigenvalue weighted by atomic mass is 35.5. The smallest absolute Gasteiger partial charge is 0.338 e. The molecular weight excluding hydrogens is 392 g/mol. The second-order valence-electron chi connectivity index (χ2n) is 6.46. The molecule has 2 aromatic rings. The molecule has 2 amide bonds. The largest absolute Gasteiger partial charge is 0.487 e. The van der Waals surface area contributed by atoms with E-state index in [0.29, 0.717) is 40.6 Å². The number of hydrogen-bond donors (Lipinski definition) is 2. The number of esters is 1. The number of halogens is 1. The van der Waals surface area contributed by atoms with E-state index >= 15 is 0 Å². The Kier molecular flexibility index (Phi) is 6.77. The number of allylic oxidation sites excluding steroid dienone is 1. The van der Waals surface area contributed by atoms with Gasteiger partial charge in [0.2, 0.25) is 0 Å². The van der Waals surface area contributed by atoms with Gasteiger partial charge in [-0.2, -0.15) is 0 Å². The summed E-state index contributed by atoms with van der Waals surface area (Å²) in [5.74, 6) is 0.0549. The lowest BCUT2D eigenvalue weighted by Gasteiger charge is -2.29. The molecular formula is C22H23ClN2O4. The Morgan fingerprint density at radius 3 is 2.55 bits per heavy atom. The first-order valence-electron chi connectivity index (χ1n) is 9.47.